The highest BCUT2D eigenvalue weighted by atomic mass is 16.2. The van der Waals surface area contributed by atoms with E-state index in [0.29, 0.717) is 12.6 Å². The molecule has 21 heavy (non-hydrogen) atoms. The summed E-state index contributed by atoms with van der Waals surface area (Å²) in [5.74, 6) is 0.178. The number of rotatable bonds is 5. The molecular formula is C17H27N3O. The first-order chi connectivity index (χ1) is 10.1. The lowest BCUT2D eigenvalue weighted by molar-refractivity contribution is -0.120. The van der Waals surface area contributed by atoms with Crippen LogP contribution in [0.1, 0.15) is 26.7 Å². The average Bonchev–Trinajstić information content (AvgIpc) is 2.49. The van der Waals surface area contributed by atoms with Gasteiger partial charge in [0.25, 0.3) is 0 Å². The molecule has 4 nitrogen and oxygen atoms in total. The summed E-state index contributed by atoms with van der Waals surface area (Å²) >= 11 is 0. The maximum absolute atomic E-state index is 12.7. The Morgan fingerprint density at radius 3 is 2.43 bits per heavy atom. The predicted molar refractivity (Wildman–Crippen MR) is 87.6 cm³/mol. The summed E-state index contributed by atoms with van der Waals surface area (Å²) < 4.78 is 0. The highest BCUT2D eigenvalue weighted by Gasteiger charge is 2.24. The van der Waals surface area contributed by atoms with Gasteiger partial charge in [-0.3, -0.25) is 9.69 Å². The van der Waals surface area contributed by atoms with E-state index in [1.54, 1.807) is 0 Å². The van der Waals surface area contributed by atoms with Crippen molar-refractivity contribution in [1.29, 1.82) is 0 Å². The van der Waals surface area contributed by atoms with Gasteiger partial charge < -0.3 is 10.2 Å². The molecule has 1 fully saturated rings. The largest absolute Gasteiger partial charge is 0.317 e. The van der Waals surface area contributed by atoms with Crippen LogP contribution in [0.25, 0.3) is 0 Å². The number of benzene rings is 1. The maximum atomic E-state index is 12.7. The van der Waals surface area contributed by atoms with Gasteiger partial charge in [0.2, 0.25) is 5.91 Å². The van der Waals surface area contributed by atoms with Gasteiger partial charge in [0, 0.05) is 17.8 Å². The first kappa shape index (κ1) is 16.0. The minimum Gasteiger partial charge on any atom is -0.317 e. The molecule has 1 heterocycles. The lowest BCUT2D eigenvalue weighted by Crippen LogP contribution is -2.48. The van der Waals surface area contributed by atoms with Gasteiger partial charge >= 0.3 is 0 Å². The topological polar surface area (TPSA) is 35.6 Å². The number of hydrogen-bond donors (Lipinski definition) is 1. The molecule has 116 valence electrons. The van der Waals surface area contributed by atoms with Crippen LogP contribution in [0.2, 0.25) is 0 Å². The summed E-state index contributed by atoms with van der Waals surface area (Å²) in [6.07, 6.45) is 2.24. The summed E-state index contributed by atoms with van der Waals surface area (Å²) in [4.78, 5) is 16.8. The summed E-state index contributed by atoms with van der Waals surface area (Å²) in [5.41, 5.74) is 0.983. The van der Waals surface area contributed by atoms with Crippen molar-refractivity contribution in [1.82, 2.24) is 10.2 Å². The maximum Gasteiger partial charge on any atom is 0.241 e. The zero-order valence-corrected chi connectivity index (χ0v) is 13.4. The van der Waals surface area contributed by atoms with Crippen LogP contribution in [-0.4, -0.2) is 49.6 Å². The Hall–Kier alpha value is -1.39. The highest BCUT2D eigenvalue weighted by molar-refractivity contribution is 5.95. The standard InChI is InChI=1S/C17H27N3O/c1-14(2)20(16-7-5-4-6-8-16)17(21)13-19(3)15-9-11-18-12-10-15/h4-8,14-15,18H,9-13H2,1-3H3. The van der Waals surface area contributed by atoms with E-state index in [4.69, 9.17) is 0 Å². The van der Waals surface area contributed by atoms with Crippen LogP contribution < -0.4 is 10.2 Å². The first-order valence-electron chi connectivity index (χ1n) is 7.87. The number of carbonyl (C=O) groups excluding carboxylic acids is 1. The zero-order valence-electron chi connectivity index (χ0n) is 13.4. The minimum absolute atomic E-state index is 0.168. The molecule has 0 saturated carbocycles. The molecule has 1 N–H and O–H groups in total. The number of likely N-dealkylation sites (N-methyl/N-ethyl adjacent to an activating group) is 1. The normalized spacial score (nSPS) is 16.4. The van der Waals surface area contributed by atoms with Crippen molar-refractivity contribution in [3.63, 3.8) is 0 Å². The van der Waals surface area contributed by atoms with E-state index >= 15 is 0 Å². The van der Waals surface area contributed by atoms with E-state index in [-0.39, 0.29) is 11.9 Å². The Morgan fingerprint density at radius 1 is 1.24 bits per heavy atom. The van der Waals surface area contributed by atoms with Crippen molar-refractivity contribution in [2.75, 3.05) is 31.6 Å². The van der Waals surface area contributed by atoms with Crippen molar-refractivity contribution in [2.24, 2.45) is 0 Å². The number of hydrogen-bond acceptors (Lipinski definition) is 3. The molecule has 0 aliphatic carbocycles. The number of anilines is 1. The third-order valence-electron chi connectivity index (χ3n) is 4.14. The molecule has 0 unspecified atom stereocenters. The van der Waals surface area contributed by atoms with E-state index < -0.39 is 0 Å². The van der Waals surface area contributed by atoms with Crippen molar-refractivity contribution in [2.45, 2.75) is 38.8 Å². The van der Waals surface area contributed by atoms with Crippen molar-refractivity contribution >= 4 is 11.6 Å². The molecule has 0 radical (unpaired) electrons. The van der Waals surface area contributed by atoms with E-state index in [1.807, 2.05) is 35.2 Å². The van der Waals surface area contributed by atoms with E-state index in [1.165, 1.54) is 0 Å². The molecule has 2 rings (SSSR count). The average molecular weight is 289 g/mol. The fourth-order valence-corrected chi connectivity index (χ4v) is 2.98. The summed E-state index contributed by atoms with van der Waals surface area (Å²) in [6, 6.07) is 10.6. The van der Waals surface area contributed by atoms with Crippen molar-refractivity contribution < 1.29 is 4.79 Å². The van der Waals surface area contributed by atoms with Crippen LogP contribution in [0.15, 0.2) is 30.3 Å². The first-order valence-corrected chi connectivity index (χ1v) is 7.87. The van der Waals surface area contributed by atoms with Crippen LogP contribution in [-0.2, 0) is 4.79 Å². The molecule has 0 bridgehead atoms. The Morgan fingerprint density at radius 2 is 1.86 bits per heavy atom. The monoisotopic (exact) mass is 289 g/mol. The van der Waals surface area contributed by atoms with Crippen LogP contribution in [0.5, 0.6) is 0 Å². The van der Waals surface area contributed by atoms with Gasteiger partial charge in [-0.1, -0.05) is 18.2 Å². The molecule has 1 aliphatic rings. The van der Waals surface area contributed by atoms with Gasteiger partial charge in [-0.15, -0.1) is 0 Å². The molecule has 1 aromatic rings. The second-order valence-electron chi connectivity index (χ2n) is 6.09. The van der Waals surface area contributed by atoms with Gasteiger partial charge in [-0.25, -0.2) is 0 Å². The van der Waals surface area contributed by atoms with Gasteiger partial charge in [0.15, 0.2) is 0 Å². The molecule has 1 amide bonds. The summed E-state index contributed by atoms with van der Waals surface area (Å²) in [7, 11) is 2.07. The number of nitrogens with zero attached hydrogens (tertiary/aromatic N) is 2. The number of piperidine rings is 1. The zero-order chi connectivity index (χ0) is 15.2. The third-order valence-corrected chi connectivity index (χ3v) is 4.14. The second kappa shape index (κ2) is 7.57. The Labute approximate surface area is 128 Å². The molecule has 0 spiro atoms. The van der Waals surface area contributed by atoms with E-state index in [2.05, 4.69) is 31.1 Å². The highest BCUT2D eigenvalue weighted by Crippen LogP contribution is 2.18. The van der Waals surface area contributed by atoms with Crippen molar-refractivity contribution in [3.8, 4) is 0 Å². The molecule has 1 aliphatic heterocycles. The van der Waals surface area contributed by atoms with E-state index in [9.17, 15) is 4.79 Å². The fraction of sp³-hybridized carbons (Fsp3) is 0.588. The Kier molecular flexibility index (Phi) is 5.76. The number of amides is 1. The van der Waals surface area contributed by atoms with Crippen LogP contribution in [0.4, 0.5) is 5.69 Å². The number of nitrogens with one attached hydrogen (secondary N) is 1. The molecule has 0 aromatic heterocycles. The molecule has 0 atom stereocenters. The van der Waals surface area contributed by atoms with Crippen molar-refractivity contribution in [3.05, 3.63) is 30.3 Å². The summed E-state index contributed by atoms with van der Waals surface area (Å²) in [5, 5.41) is 3.37. The quantitative estimate of drug-likeness (QED) is 0.902. The summed E-state index contributed by atoms with van der Waals surface area (Å²) in [6.45, 7) is 6.72. The predicted octanol–water partition coefficient (Wildman–Crippen LogP) is 2.11. The van der Waals surface area contributed by atoms with Crippen LogP contribution >= 0.6 is 0 Å². The lowest BCUT2D eigenvalue weighted by Gasteiger charge is -2.34. The molecule has 4 heteroatoms. The third kappa shape index (κ3) is 4.29. The second-order valence-corrected chi connectivity index (χ2v) is 6.09. The minimum atomic E-state index is 0.168. The van der Waals surface area contributed by atoms with Gasteiger partial charge in [0.05, 0.1) is 6.54 Å². The van der Waals surface area contributed by atoms with Gasteiger partial charge in [0.1, 0.15) is 0 Å². The Bertz CT molecular complexity index is 441. The van der Waals surface area contributed by atoms with Gasteiger partial charge in [-0.2, -0.15) is 0 Å². The molecule has 1 aromatic carbocycles. The van der Waals surface area contributed by atoms with Crippen LogP contribution in [0, 0.1) is 0 Å². The number of carbonyl (C=O) groups is 1. The fourth-order valence-electron chi connectivity index (χ4n) is 2.98. The Balaban J connectivity index is 2.02. The smallest absolute Gasteiger partial charge is 0.241 e. The lowest BCUT2D eigenvalue weighted by atomic mass is 10.1. The molecular weight excluding hydrogens is 262 g/mol. The van der Waals surface area contributed by atoms with E-state index in [0.717, 1.165) is 31.6 Å². The molecule has 1 saturated heterocycles. The number of para-hydroxylation sites is 1. The van der Waals surface area contributed by atoms with Crippen LogP contribution in [0.3, 0.4) is 0 Å². The van der Waals surface area contributed by atoms with Gasteiger partial charge in [-0.05, 0) is 59.0 Å². The SMILES string of the molecule is CC(C)N(C(=O)CN(C)C1CCNCC1)c1ccccc1.